The summed E-state index contributed by atoms with van der Waals surface area (Å²) in [6.45, 7) is 6.43. The quantitative estimate of drug-likeness (QED) is 0.280. The van der Waals surface area contributed by atoms with Gasteiger partial charge in [0.05, 0.1) is 6.07 Å². The lowest BCUT2D eigenvalue weighted by Crippen LogP contribution is -2.31. The van der Waals surface area contributed by atoms with Crippen LogP contribution in [0.3, 0.4) is 0 Å². The zero-order valence-electron chi connectivity index (χ0n) is 8.37. The summed E-state index contributed by atoms with van der Waals surface area (Å²) < 4.78 is 0.244. The molecule has 0 spiro atoms. The van der Waals surface area contributed by atoms with Crippen molar-refractivity contribution in [2.45, 2.75) is 27.7 Å². The van der Waals surface area contributed by atoms with Crippen molar-refractivity contribution in [3.05, 3.63) is 5.21 Å². The molecule has 0 aromatic heterocycles. The van der Waals surface area contributed by atoms with Crippen molar-refractivity contribution >= 4 is 12.1 Å². The van der Waals surface area contributed by atoms with Gasteiger partial charge in [-0.05, 0) is 13.8 Å². The van der Waals surface area contributed by atoms with Crippen LogP contribution in [0.4, 0.5) is 0 Å². The Kier molecular flexibility index (Phi) is 3.61. The topological polar surface area (TPSA) is 66.9 Å². The molecule has 0 aliphatic carbocycles. The summed E-state index contributed by atoms with van der Waals surface area (Å²) in [5, 5.41) is 19.7. The third-order valence-electron chi connectivity index (χ3n) is 1.45. The number of nitrogens with zero attached hydrogens (tertiary/aromatic N) is 2. The van der Waals surface area contributed by atoms with E-state index >= 15 is 0 Å². The van der Waals surface area contributed by atoms with Crippen LogP contribution in [0.2, 0.25) is 0 Å². The van der Waals surface area contributed by atoms with Crippen LogP contribution in [-0.4, -0.2) is 16.9 Å². The van der Waals surface area contributed by atoms with Crippen LogP contribution >= 0.6 is 0 Å². The molecule has 0 rings (SSSR count). The average Bonchev–Trinajstić information content (AvgIpc) is 2.01. The highest BCUT2D eigenvalue weighted by molar-refractivity contribution is 5.80. The number of hydroxylamine groups is 1. The second-order valence-corrected chi connectivity index (χ2v) is 3.76. The summed E-state index contributed by atoms with van der Waals surface area (Å²) in [7, 11) is 0. The van der Waals surface area contributed by atoms with E-state index in [1.54, 1.807) is 19.9 Å². The minimum Gasteiger partial charge on any atom is -0.616 e. The van der Waals surface area contributed by atoms with Crippen LogP contribution < -0.4 is 0 Å². The molecule has 0 aliphatic rings. The van der Waals surface area contributed by atoms with Crippen LogP contribution in [0.25, 0.3) is 0 Å². The Labute approximate surface area is 78.1 Å². The first-order valence-corrected chi connectivity index (χ1v) is 4.08. The molecule has 0 radical (unpaired) electrons. The van der Waals surface area contributed by atoms with Crippen molar-refractivity contribution < 1.29 is 9.53 Å². The molecule has 0 aromatic rings. The smallest absolute Gasteiger partial charge is 0.417 e. The highest BCUT2D eigenvalue weighted by Gasteiger charge is 2.35. The summed E-state index contributed by atoms with van der Waals surface area (Å²) in [5.41, 5.74) is -1.24. The zero-order chi connectivity index (χ0) is 10.6. The third-order valence-corrected chi connectivity index (χ3v) is 1.45. The van der Waals surface area contributed by atoms with Gasteiger partial charge in [-0.2, -0.15) is 5.26 Å². The third kappa shape index (κ3) is 3.24. The highest BCUT2D eigenvalue weighted by atomic mass is 16.5. The SMILES string of the molecule is CC(C)C=[N+]([O-])C(=O)C(C)(C)C#N. The summed E-state index contributed by atoms with van der Waals surface area (Å²) >= 11 is 0. The molecule has 4 heteroatoms. The second-order valence-electron chi connectivity index (χ2n) is 3.76. The van der Waals surface area contributed by atoms with Gasteiger partial charge in [0.15, 0.2) is 11.6 Å². The molecule has 0 fully saturated rings. The van der Waals surface area contributed by atoms with E-state index in [9.17, 15) is 10.0 Å². The first-order chi connectivity index (χ1) is 5.81. The van der Waals surface area contributed by atoms with Gasteiger partial charge in [-0.25, -0.2) is 4.79 Å². The Bertz CT molecular complexity index is 272. The minimum atomic E-state index is -1.24. The standard InChI is InChI=1S/C9H14N2O2/c1-7(2)5-11(13)8(12)9(3,4)6-10/h5,7H,1-4H3. The molecule has 13 heavy (non-hydrogen) atoms. The number of rotatable bonds is 2. The molecule has 1 amide bonds. The summed E-state index contributed by atoms with van der Waals surface area (Å²) in [5.74, 6) is -0.723. The van der Waals surface area contributed by atoms with Gasteiger partial charge in [0.2, 0.25) is 0 Å². The molecule has 0 aliphatic heterocycles. The molecule has 0 heterocycles. The molecule has 0 unspecified atom stereocenters. The van der Waals surface area contributed by atoms with Gasteiger partial charge in [0, 0.05) is 5.92 Å². The predicted octanol–water partition coefficient (Wildman–Crippen LogP) is 1.30. The Balaban J connectivity index is 4.74. The molecule has 72 valence electrons. The summed E-state index contributed by atoms with van der Waals surface area (Å²) in [6.07, 6.45) is 1.25. The maximum atomic E-state index is 11.3. The zero-order valence-corrected chi connectivity index (χ0v) is 8.37. The van der Waals surface area contributed by atoms with Gasteiger partial charge in [0.1, 0.15) is 0 Å². The Morgan fingerprint density at radius 2 is 2.08 bits per heavy atom. The van der Waals surface area contributed by atoms with Crippen LogP contribution in [0, 0.1) is 27.9 Å². The molecule has 0 aromatic carbocycles. The number of carbonyl (C=O) groups excluding carboxylic acids is 1. The van der Waals surface area contributed by atoms with E-state index in [1.807, 2.05) is 0 Å². The van der Waals surface area contributed by atoms with Gasteiger partial charge in [-0.3, -0.25) is 0 Å². The fourth-order valence-corrected chi connectivity index (χ4v) is 0.662. The molecule has 0 N–H and O–H groups in total. The van der Waals surface area contributed by atoms with Gasteiger partial charge < -0.3 is 5.21 Å². The number of hydrogen-bond acceptors (Lipinski definition) is 3. The molecular weight excluding hydrogens is 168 g/mol. The molecule has 0 atom stereocenters. The fraction of sp³-hybridized carbons (Fsp3) is 0.667. The predicted molar refractivity (Wildman–Crippen MR) is 48.9 cm³/mol. The highest BCUT2D eigenvalue weighted by Crippen LogP contribution is 2.14. The van der Waals surface area contributed by atoms with Crippen molar-refractivity contribution in [2.24, 2.45) is 11.3 Å². The van der Waals surface area contributed by atoms with Crippen LogP contribution in [0.5, 0.6) is 0 Å². The maximum Gasteiger partial charge on any atom is 0.417 e. The van der Waals surface area contributed by atoms with E-state index in [4.69, 9.17) is 5.26 Å². The first-order valence-electron chi connectivity index (χ1n) is 4.08. The van der Waals surface area contributed by atoms with Gasteiger partial charge in [-0.15, -0.1) is 4.74 Å². The lowest BCUT2D eigenvalue weighted by Gasteiger charge is -2.11. The van der Waals surface area contributed by atoms with Gasteiger partial charge in [-0.1, -0.05) is 13.8 Å². The van der Waals surface area contributed by atoms with E-state index in [0.29, 0.717) is 0 Å². The van der Waals surface area contributed by atoms with Crippen molar-refractivity contribution in [1.29, 1.82) is 5.26 Å². The van der Waals surface area contributed by atoms with Gasteiger partial charge in [0.25, 0.3) is 0 Å². The van der Waals surface area contributed by atoms with Crippen LogP contribution in [-0.2, 0) is 4.79 Å². The normalized spacial score (nSPS) is 12.8. The number of amides is 1. The van der Waals surface area contributed by atoms with Crippen LogP contribution in [0.1, 0.15) is 27.7 Å². The monoisotopic (exact) mass is 182 g/mol. The maximum absolute atomic E-state index is 11.3. The van der Waals surface area contributed by atoms with E-state index in [0.717, 1.165) is 0 Å². The number of nitriles is 1. The van der Waals surface area contributed by atoms with Crippen LogP contribution in [0.15, 0.2) is 0 Å². The Morgan fingerprint density at radius 1 is 1.62 bits per heavy atom. The van der Waals surface area contributed by atoms with Crippen molar-refractivity contribution in [2.75, 3.05) is 0 Å². The fourth-order valence-electron chi connectivity index (χ4n) is 0.662. The van der Waals surface area contributed by atoms with E-state index < -0.39 is 11.3 Å². The summed E-state index contributed by atoms with van der Waals surface area (Å²) in [6, 6.07) is 1.78. The van der Waals surface area contributed by atoms with Crippen molar-refractivity contribution in [3.63, 3.8) is 0 Å². The lowest BCUT2D eigenvalue weighted by atomic mass is 9.95. The molecule has 0 bridgehead atoms. The Hall–Kier alpha value is -1.37. The molecule has 0 saturated heterocycles. The van der Waals surface area contributed by atoms with E-state index in [2.05, 4.69) is 0 Å². The second kappa shape index (κ2) is 4.04. The number of carbonyl (C=O) groups is 1. The first kappa shape index (κ1) is 11.6. The average molecular weight is 182 g/mol. The summed E-state index contributed by atoms with van der Waals surface area (Å²) in [4.78, 5) is 11.3. The Morgan fingerprint density at radius 3 is 2.38 bits per heavy atom. The molecule has 0 saturated carbocycles. The largest absolute Gasteiger partial charge is 0.616 e. The lowest BCUT2D eigenvalue weighted by molar-refractivity contribution is -0.387. The van der Waals surface area contributed by atoms with Gasteiger partial charge >= 0.3 is 5.91 Å². The molecular formula is C9H14N2O2. The number of hydrogen-bond donors (Lipinski definition) is 0. The van der Waals surface area contributed by atoms with E-state index in [1.165, 1.54) is 20.1 Å². The van der Waals surface area contributed by atoms with Crippen molar-refractivity contribution in [1.82, 2.24) is 0 Å². The van der Waals surface area contributed by atoms with E-state index in [-0.39, 0.29) is 10.7 Å². The minimum absolute atomic E-state index is 0.00376. The van der Waals surface area contributed by atoms with Crippen molar-refractivity contribution in [3.8, 4) is 6.07 Å². The molecule has 4 nitrogen and oxygen atoms in total.